The second-order valence-electron chi connectivity index (χ2n) is 5.80. The monoisotopic (exact) mass is 328 g/mol. The first kappa shape index (κ1) is 15.2. The highest BCUT2D eigenvalue weighted by molar-refractivity contribution is 7.91. The van der Waals surface area contributed by atoms with E-state index in [1.54, 1.807) is 12.1 Å². The number of carbonyl (C=O) groups is 1. The highest BCUT2D eigenvalue weighted by atomic mass is 32.2. The summed E-state index contributed by atoms with van der Waals surface area (Å²) in [6, 6.07) is 5.29. The van der Waals surface area contributed by atoms with Crippen molar-refractivity contribution in [2.75, 3.05) is 10.8 Å². The lowest BCUT2D eigenvalue weighted by Gasteiger charge is -2.16. The maximum atomic E-state index is 12.0. The van der Waals surface area contributed by atoms with Crippen LogP contribution in [0.25, 0.3) is 0 Å². The van der Waals surface area contributed by atoms with Gasteiger partial charge in [0.25, 0.3) is 0 Å². The number of benzene rings is 1. The summed E-state index contributed by atoms with van der Waals surface area (Å²) in [4.78, 5) is 10.5. The van der Waals surface area contributed by atoms with Gasteiger partial charge >= 0.3 is 10.2 Å². The normalized spacial score (nSPS) is 34.0. The van der Waals surface area contributed by atoms with E-state index in [0.717, 1.165) is 16.6 Å². The number of hydrogen-bond acceptors (Lipinski definition) is 4. The van der Waals surface area contributed by atoms with Gasteiger partial charge in [0, 0.05) is 0 Å². The summed E-state index contributed by atoms with van der Waals surface area (Å²) in [5.41, 5.74) is 0.166. The highest BCUT2D eigenvalue weighted by Gasteiger charge is 2.53. The smallest absolute Gasteiger partial charge is 0.302 e. The maximum Gasteiger partial charge on any atom is 0.302 e. The Labute approximate surface area is 128 Å². The molecule has 0 amide bonds. The maximum absolute atomic E-state index is 12.0. The lowest BCUT2D eigenvalue weighted by Crippen LogP contribution is -2.30. The Bertz CT molecular complexity index is 681. The first-order chi connectivity index (χ1) is 10.4. The first-order valence-corrected chi connectivity index (χ1v) is 8.53. The molecule has 1 aromatic rings. The van der Waals surface area contributed by atoms with E-state index in [-0.39, 0.29) is 18.0 Å². The zero-order chi connectivity index (χ0) is 15.9. The van der Waals surface area contributed by atoms with Crippen LogP contribution < -0.4 is 9.03 Å². The Hall–Kier alpha value is -1.67. The fourth-order valence-corrected chi connectivity index (χ4v) is 4.21. The van der Waals surface area contributed by atoms with Gasteiger partial charge in [-0.25, -0.2) is 4.39 Å². The Balaban J connectivity index is 0.000000196. The van der Waals surface area contributed by atoms with Gasteiger partial charge in [-0.3, -0.25) is 4.31 Å². The summed E-state index contributed by atoms with van der Waals surface area (Å²) >= 11 is 0. The fraction of sp³-hybridized carbons (Fsp3) is 0.500. The largest absolute Gasteiger partial charge is 0.506 e. The minimum Gasteiger partial charge on any atom is -0.506 e. The molecule has 4 rings (SSSR count). The van der Waals surface area contributed by atoms with E-state index < -0.39 is 22.4 Å². The van der Waals surface area contributed by atoms with Gasteiger partial charge in [-0.2, -0.15) is 13.1 Å². The predicted molar refractivity (Wildman–Crippen MR) is 78.5 cm³/mol. The molecular weight excluding hydrogens is 311 g/mol. The van der Waals surface area contributed by atoms with E-state index in [1.807, 2.05) is 0 Å². The van der Waals surface area contributed by atoms with Crippen LogP contribution in [0, 0.1) is 11.8 Å². The average Bonchev–Trinajstić information content (AvgIpc) is 3.05. The van der Waals surface area contributed by atoms with Crippen LogP contribution in [0.15, 0.2) is 24.3 Å². The molecular formula is C14H17FN2O4S. The standard InChI is InChI=1S/C9H10N2O4S.C5H7F/c12-6-7-5-11(16(14,15)10-7)8-3-1-2-4-9(8)13;6-5-2-3-1-4(3)5/h1-4,6-7,10,13H,5H2;3-5H,1-2H2. The number of nitrogens with zero attached hydrogens (tertiary/aromatic N) is 1. The van der Waals surface area contributed by atoms with Gasteiger partial charge in [0.1, 0.15) is 18.2 Å². The summed E-state index contributed by atoms with van der Waals surface area (Å²) in [5.74, 6) is 1.23. The molecule has 22 heavy (non-hydrogen) atoms. The van der Waals surface area contributed by atoms with Crippen LogP contribution in [0.5, 0.6) is 5.75 Å². The average molecular weight is 328 g/mol. The number of hydrogen-bond donors (Lipinski definition) is 2. The quantitative estimate of drug-likeness (QED) is 0.792. The Morgan fingerprint density at radius 2 is 2.05 bits per heavy atom. The van der Waals surface area contributed by atoms with Crippen molar-refractivity contribution < 1.29 is 22.7 Å². The highest BCUT2D eigenvalue weighted by Crippen LogP contribution is 2.57. The van der Waals surface area contributed by atoms with Crippen molar-refractivity contribution in [1.82, 2.24) is 4.72 Å². The lowest BCUT2D eigenvalue weighted by atomic mass is 9.98. The molecule has 1 aliphatic heterocycles. The van der Waals surface area contributed by atoms with E-state index in [1.165, 1.54) is 18.6 Å². The van der Waals surface area contributed by atoms with E-state index in [9.17, 15) is 22.7 Å². The zero-order valence-corrected chi connectivity index (χ0v) is 12.5. The molecule has 2 saturated carbocycles. The zero-order valence-electron chi connectivity index (χ0n) is 11.7. The molecule has 1 saturated heterocycles. The van der Waals surface area contributed by atoms with E-state index in [4.69, 9.17) is 0 Å². The van der Waals surface area contributed by atoms with Crippen molar-refractivity contribution in [3.63, 3.8) is 0 Å². The number of aldehydes is 1. The van der Waals surface area contributed by atoms with Gasteiger partial charge in [-0.05, 0) is 36.8 Å². The summed E-state index contributed by atoms with van der Waals surface area (Å²) in [5, 5.41) is 9.54. The second kappa shape index (κ2) is 5.51. The molecule has 1 aromatic carbocycles. The molecule has 120 valence electrons. The minimum atomic E-state index is -3.73. The molecule has 2 N–H and O–H groups in total. The Morgan fingerprint density at radius 1 is 1.32 bits per heavy atom. The van der Waals surface area contributed by atoms with Crippen LogP contribution in [0.1, 0.15) is 12.8 Å². The number of rotatable bonds is 2. The number of alkyl halides is 1. The van der Waals surface area contributed by atoms with Gasteiger partial charge in [0.05, 0.1) is 18.3 Å². The summed E-state index contributed by atoms with van der Waals surface area (Å²) < 4.78 is 38.4. The third-order valence-electron chi connectivity index (χ3n) is 4.24. The first-order valence-electron chi connectivity index (χ1n) is 7.09. The van der Waals surface area contributed by atoms with Crippen molar-refractivity contribution in [3.05, 3.63) is 24.3 Å². The molecule has 4 unspecified atom stereocenters. The SMILES string of the molecule is FC1CC2CC12.O=CC1CN(c2ccccc2O)S(=O)(=O)N1. The summed E-state index contributed by atoms with van der Waals surface area (Å²) in [6.45, 7) is -0.0105. The molecule has 0 bridgehead atoms. The molecule has 4 atom stereocenters. The number of para-hydroxylation sites is 2. The number of nitrogens with one attached hydrogen (secondary N) is 1. The van der Waals surface area contributed by atoms with Crippen LogP contribution in [0.4, 0.5) is 10.1 Å². The van der Waals surface area contributed by atoms with Crippen LogP contribution in [-0.2, 0) is 15.0 Å². The van der Waals surface area contributed by atoms with E-state index in [2.05, 4.69) is 4.72 Å². The van der Waals surface area contributed by atoms with Crippen molar-refractivity contribution in [1.29, 1.82) is 0 Å². The molecule has 0 spiro atoms. The number of phenolic OH excluding ortho intramolecular Hbond substituents is 1. The van der Waals surface area contributed by atoms with E-state index in [0.29, 0.717) is 12.2 Å². The van der Waals surface area contributed by atoms with Crippen LogP contribution >= 0.6 is 0 Å². The van der Waals surface area contributed by atoms with Crippen molar-refractivity contribution >= 4 is 22.2 Å². The van der Waals surface area contributed by atoms with Crippen LogP contribution in [0.2, 0.25) is 0 Å². The van der Waals surface area contributed by atoms with Crippen LogP contribution in [0.3, 0.4) is 0 Å². The van der Waals surface area contributed by atoms with Gasteiger partial charge in [-0.1, -0.05) is 12.1 Å². The second-order valence-corrected chi connectivity index (χ2v) is 7.42. The van der Waals surface area contributed by atoms with E-state index >= 15 is 0 Å². The number of fused-ring (bicyclic) bond motifs is 1. The number of carbonyl (C=O) groups excluding carboxylic acids is 1. The number of aromatic hydroxyl groups is 1. The number of halogens is 1. The topological polar surface area (TPSA) is 86.7 Å². The Kier molecular flexibility index (Phi) is 3.82. The summed E-state index contributed by atoms with van der Waals surface area (Å²) in [7, 11) is -3.73. The lowest BCUT2D eigenvalue weighted by molar-refractivity contribution is -0.108. The molecule has 3 aliphatic rings. The molecule has 8 heteroatoms. The molecule has 0 aromatic heterocycles. The molecule has 6 nitrogen and oxygen atoms in total. The summed E-state index contributed by atoms with van der Waals surface area (Å²) in [6.07, 6.45) is 2.21. The van der Waals surface area contributed by atoms with Gasteiger partial charge in [-0.15, -0.1) is 0 Å². The fourth-order valence-electron chi connectivity index (χ4n) is 2.80. The third kappa shape index (κ3) is 2.80. The third-order valence-corrected chi connectivity index (χ3v) is 5.76. The van der Waals surface area contributed by atoms with Crippen molar-refractivity contribution in [3.8, 4) is 5.75 Å². The molecule has 1 heterocycles. The van der Waals surface area contributed by atoms with Gasteiger partial charge in [0.15, 0.2) is 0 Å². The van der Waals surface area contributed by atoms with Crippen molar-refractivity contribution in [2.45, 2.75) is 25.1 Å². The van der Waals surface area contributed by atoms with Gasteiger partial charge in [0.2, 0.25) is 0 Å². The molecule has 2 aliphatic carbocycles. The predicted octanol–water partition coefficient (Wildman–Crippen LogP) is 0.978. The number of phenols is 1. The molecule has 0 radical (unpaired) electrons. The number of anilines is 1. The van der Waals surface area contributed by atoms with Crippen molar-refractivity contribution in [2.24, 2.45) is 11.8 Å². The van der Waals surface area contributed by atoms with Crippen LogP contribution in [-0.4, -0.2) is 38.6 Å². The molecule has 3 fully saturated rings. The minimum absolute atomic E-state index is 0.0105. The van der Waals surface area contributed by atoms with Gasteiger partial charge < -0.3 is 9.90 Å². The Morgan fingerprint density at radius 3 is 2.45 bits per heavy atom.